The zero-order valence-corrected chi connectivity index (χ0v) is 21.0. The first-order valence-corrected chi connectivity index (χ1v) is 12.3. The van der Waals surface area contributed by atoms with Gasteiger partial charge in [0.25, 0.3) is 0 Å². The van der Waals surface area contributed by atoms with Gasteiger partial charge in [0, 0.05) is 32.5 Å². The monoisotopic (exact) mass is 485 g/mol. The van der Waals surface area contributed by atoms with Crippen LogP contribution in [0.2, 0.25) is 0 Å². The van der Waals surface area contributed by atoms with Crippen molar-refractivity contribution >= 4 is 11.9 Å². The molecule has 0 unspecified atom stereocenters. The van der Waals surface area contributed by atoms with Crippen LogP contribution >= 0.6 is 0 Å². The Balaban J connectivity index is 1.30. The van der Waals surface area contributed by atoms with Gasteiger partial charge < -0.3 is 29.2 Å². The van der Waals surface area contributed by atoms with Crippen LogP contribution in [0, 0.1) is 13.8 Å². The van der Waals surface area contributed by atoms with Crippen molar-refractivity contribution in [2.24, 2.45) is 0 Å². The van der Waals surface area contributed by atoms with Crippen molar-refractivity contribution in [1.29, 1.82) is 0 Å². The third-order valence-corrected chi connectivity index (χ3v) is 5.84. The summed E-state index contributed by atoms with van der Waals surface area (Å²) in [5, 5.41) is 3.28. The lowest BCUT2D eigenvalue weighted by Gasteiger charge is -2.31. The summed E-state index contributed by atoms with van der Waals surface area (Å²) < 4.78 is 23.1. The molecule has 1 aliphatic heterocycles. The van der Waals surface area contributed by atoms with E-state index < -0.39 is 0 Å². The fourth-order valence-corrected chi connectivity index (χ4v) is 3.73. The predicted molar refractivity (Wildman–Crippen MR) is 130 cm³/mol. The number of ether oxygens (including phenoxy) is 4. The fourth-order valence-electron chi connectivity index (χ4n) is 3.73. The summed E-state index contributed by atoms with van der Waals surface area (Å²) in [6.45, 7) is 10.0. The predicted octanol–water partition coefficient (Wildman–Crippen LogP) is 4.26. The quantitative estimate of drug-likeness (QED) is 0.494. The maximum absolute atomic E-state index is 12.1. The molecule has 2 aromatic rings. The Morgan fingerprint density at radius 1 is 1.09 bits per heavy atom. The van der Waals surface area contributed by atoms with Crippen molar-refractivity contribution in [3.8, 4) is 17.5 Å². The number of anilines is 1. The molecule has 190 valence electrons. The van der Waals surface area contributed by atoms with E-state index in [0.29, 0.717) is 68.3 Å². The standard InChI is InChI=1S/C25H35N5O5/c1-16(2)33-25(31)30-12-9-20(10-13-30)34-23-17(3)24(28-15-27-23)35-21-7-8-22(29-18(21)4)26-11-14-32-19-5-6-19/h7-8,15-16,19-20H,5-6,9-14H2,1-4H3,(H,26,29). The van der Waals surface area contributed by atoms with Gasteiger partial charge in [-0.25, -0.2) is 19.7 Å². The summed E-state index contributed by atoms with van der Waals surface area (Å²) >= 11 is 0. The highest BCUT2D eigenvalue weighted by molar-refractivity contribution is 5.67. The van der Waals surface area contributed by atoms with Gasteiger partial charge in [0.1, 0.15) is 18.2 Å². The molecule has 0 aromatic carbocycles. The smallest absolute Gasteiger partial charge is 0.410 e. The third kappa shape index (κ3) is 7.17. The number of pyridine rings is 1. The first kappa shape index (κ1) is 25.0. The van der Waals surface area contributed by atoms with Crippen molar-refractivity contribution < 1.29 is 23.7 Å². The number of nitrogens with one attached hydrogen (secondary N) is 1. The van der Waals surface area contributed by atoms with E-state index in [1.165, 1.54) is 19.2 Å². The largest absolute Gasteiger partial charge is 0.474 e. The number of carbonyl (C=O) groups is 1. The molecule has 4 rings (SSSR count). The van der Waals surface area contributed by atoms with Gasteiger partial charge in [0.2, 0.25) is 11.8 Å². The molecule has 1 N–H and O–H groups in total. The topological polar surface area (TPSA) is 108 Å². The summed E-state index contributed by atoms with van der Waals surface area (Å²) in [4.78, 5) is 27.0. The number of aromatic nitrogens is 3. The average molecular weight is 486 g/mol. The highest BCUT2D eigenvalue weighted by atomic mass is 16.6. The van der Waals surface area contributed by atoms with Crippen LogP contribution in [0.15, 0.2) is 18.5 Å². The second-order valence-electron chi connectivity index (χ2n) is 9.22. The first-order valence-electron chi connectivity index (χ1n) is 12.3. The molecular weight excluding hydrogens is 450 g/mol. The summed E-state index contributed by atoms with van der Waals surface area (Å²) in [7, 11) is 0. The first-order chi connectivity index (χ1) is 16.9. The van der Waals surface area contributed by atoms with Gasteiger partial charge in [-0.1, -0.05) is 0 Å². The van der Waals surface area contributed by atoms with Gasteiger partial charge in [0.05, 0.1) is 30.1 Å². The van der Waals surface area contributed by atoms with E-state index in [0.717, 1.165) is 11.5 Å². The lowest BCUT2D eigenvalue weighted by Crippen LogP contribution is -2.42. The third-order valence-electron chi connectivity index (χ3n) is 5.84. The maximum atomic E-state index is 12.1. The summed E-state index contributed by atoms with van der Waals surface area (Å²) in [6.07, 6.45) is 5.20. The second-order valence-corrected chi connectivity index (χ2v) is 9.22. The molecule has 0 radical (unpaired) electrons. The molecule has 35 heavy (non-hydrogen) atoms. The molecule has 0 atom stereocenters. The molecule has 1 saturated carbocycles. The lowest BCUT2D eigenvalue weighted by molar-refractivity contribution is 0.0505. The molecule has 2 aromatic heterocycles. The highest BCUT2D eigenvalue weighted by Gasteiger charge is 2.26. The normalized spacial score (nSPS) is 16.3. The van der Waals surface area contributed by atoms with Gasteiger partial charge in [-0.2, -0.15) is 0 Å². The number of nitrogens with zero attached hydrogens (tertiary/aromatic N) is 4. The Morgan fingerprint density at radius 3 is 2.51 bits per heavy atom. The molecule has 1 saturated heterocycles. The molecule has 1 amide bonds. The van der Waals surface area contributed by atoms with Crippen LogP contribution in [0.25, 0.3) is 0 Å². The number of hydrogen-bond donors (Lipinski definition) is 1. The summed E-state index contributed by atoms with van der Waals surface area (Å²) in [5.41, 5.74) is 1.47. The van der Waals surface area contributed by atoms with E-state index in [1.54, 1.807) is 4.90 Å². The van der Waals surface area contributed by atoms with E-state index in [4.69, 9.17) is 18.9 Å². The minimum Gasteiger partial charge on any atom is -0.474 e. The molecule has 10 nitrogen and oxygen atoms in total. The van der Waals surface area contributed by atoms with Gasteiger partial charge in [-0.15, -0.1) is 0 Å². The molecule has 0 bridgehead atoms. The van der Waals surface area contributed by atoms with Crippen LogP contribution in [-0.4, -0.2) is 70.5 Å². The Hall–Kier alpha value is -3.14. The lowest BCUT2D eigenvalue weighted by atomic mass is 10.1. The molecule has 2 aliphatic rings. The van der Waals surface area contributed by atoms with Crippen LogP contribution in [0.4, 0.5) is 10.6 Å². The number of likely N-dealkylation sites (tertiary alicyclic amines) is 1. The molecule has 2 fully saturated rings. The maximum Gasteiger partial charge on any atom is 0.410 e. The number of piperidine rings is 1. The Morgan fingerprint density at radius 2 is 1.83 bits per heavy atom. The van der Waals surface area contributed by atoms with E-state index in [2.05, 4.69) is 20.3 Å². The second kappa shape index (κ2) is 11.5. The van der Waals surface area contributed by atoms with Gasteiger partial charge in [0.15, 0.2) is 5.75 Å². The molecular formula is C25H35N5O5. The van der Waals surface area contributed by atoms with Crippen LogP contribution in [-0.2, 0) is 9.47 Å². The zero-order chi connectivity index (χ0) is 24.8. The van der Waals surface area contributed by atoms with Crippen LogP contribution < -0.4 is 14.8 Å². The Kier molecular flexibility index (Phi) is 8.22. The van der Waals surface area contributed by atoms with Gasteiger partial charge in [-0.05, 0) is 52.7 Å². The Bertz CT molecular complexity index is 1010. The fraction of sp³-hybridized carbons (Fsp3) is 0.600. The molecule has 0 spiro atoms. The van der Waals surface area contributed by atoms with Crippen molar-refractivity contribution in [3.05, 3.63) is 29.7 Å². The van der Waals surface area contributed by atoms with Crippen LogP contribution in [0.1, 0.15) is 50.8 Å². The van der Waals surface area contributed by atoms with Crippen LogP contribution in [0.5, 0.6) is 17.5 Å². The summed E-state index contributed by atoms with van der Waals surface area (Å²) in [6, 6.07) is 3.76. The number of rotatable bonds is 10. The molecule has 1 aliphatic carbocycles. The highest BCUT2D eigenvalue weighted by Crippen LogP contribution is 2.31. The number of carbonyl (C=O) groups excluding carboxylic acids is 1. The molecule has 3 heterocycles. The van der Waals surface area contributed by atoms with Crippen molar-refractivity contribution in [2.75, 3.05) is 31.6 Å². The number of amides is 1. The summed E-state index contributed by atoms with van der Waals surface area (Å²) in [5.74, 6) is 2.31. The van der Waals surface area contributed by atoms with Crippen LogP contribution in [0.3, 0.4) is 0 Å². The van der Waals surface area contributed by atoms with Crippen molar-refractivity contribution in [1.82, 2.24) is 19.9 Å². The van der Waals surface area contributed by atoms with E-state index in [-0.39, 0.29) is 18.3 Å². The minimum absolute atomic E-state index is 0.0443. The SMILES string of the molecule is Cc1nc(NCCOC2CC2)ccc1Oc1ncnc(OC2CCN(C(=O)OC(C)C)CC2)c1C. The van der Waals surface area contributed by atoms with E-state index in [9.17, 15) is 4.79 Å². The van der Waals surface area contributed by atoms with Crippen molar-refractivity contribution in [3.63, 3.8) is 0 Å². The van der Waals surface area contributed by atoms with Gasteiger partial charge in [-0.3, -0.25) is 0 Å². The van der Waals surface area contributed by atoms with Crippen molar-refractivity contribution in [2.45, 2.75) is 71.7 Å². The zero-order valence-electron chi connectivity index (χ0n) is 21.0. The van der Waals surface area contributed by atoms with E-state index >= 15 is 0 Å². The molecule has 10 heteroatoms. The van der Waals surface area contributed by atoms with Gasteiger partial charge >= 0.3 is 6.09 Å². The number of aryl methyl sites for hydroxylation is 1. The Labute approximate surface area is 206 Å². The minimum atomic E-state index is -0.274. The van der Waals surface area contributed by atoms with E-state index in [1.807, 2.05) is 39.8 Å². The number of hydrogen-bond acceptors (Lipinski definition) is 9. The average Bonchev–Trinajstić information content (AvgIpc) is 3.65.